The fourth-order valence-corrected chi connectivity index (χ4v) is 4.37. The molecule has 0 bridgehead atoms. The number of rotatable bonds is 2. The maximum Gasteiger partial charge on any atom is 0.245 e. The highest BCUT2D eigenvalue weighted by molar-refractivity contribution is 5.89. The topological polar surface area (TPSA) is 40.6 Å². The molecule has 1 saturated carbocycles. The van der Waals surface area contributed by atoms with Gasteiger partial charge >= 0.3 is 0 Å². The van der Waals surface area contributed by atoms with Gasteiger partial charge in [-0.25, -0.2) is 0 Å². The van der Waals surface area contributed by atoms with E-state index in [2.05, 4.69) is 0 Å². The molecule has 2 amide bonds. The van der Waals surface area contributed by atoms with Gasteiger partial charge in [-0.05, 0) is 38.5 Å². The Bertz CT molecular complexity index is 396. The van der Waals surface area contributed by atoms with Crippen LogP contribution in [0.2, 0.25) is 0 Å². The van der Waals surface area contributed by atoms with Crippen molar-refractivity contribution in [1.82, 2.24) is 9.80 Å². The van der Waals surface area contributed by atoms with Crippen LogP contribution in [0.3, 0.4) is 0 Å². The van der Waals surface area contributed by atoms with Crippen LogP contribution in [0, 0.1) is 5.92 Å². The largest absolute Gasteiger partial charge is 0.341 e. The summed E-state index contributed by atoms with van der Waals surface area (Å²) in [7, 11) is 0. The average Bonchev–Trinajstić information content (AvgIpc) is 3.17. The van der Waals surface area contributed by atoms with Crippen molar-refractivity contribution in [3.05, 3.63) is 0 Å². The summed E-state index contributed by atoms with van der Waals surface area (Å²) >= 11 is 0. The predicted molar refractivity (Wildman–Crippen MR) is 86.4 cm³/mol. The van der Waals surface area contributed by atoms with Crippen molar-refractivity contribution in [3.8, 4) is 0 Å². The summed E-state index contributed by atoms with van der Waals surface area (Å²) in [5, 5.41) is 0. The van der Waals surface area contributed by atoms with E-state index in [1.54, 1.807) is 0 Å². The first-order valence-electron chi connectivity index (χ1n) is 9.36. The number of hydrogen-bond acceptors (Lipinski definition) is 2. The molecule has 4 heteroatoms. The lowest BCUT2D eigenvalue weighted by atomic mass is 10.0. The fourth-order valence-electron chi connectivity index (χ4n) is 4.37. The zero-order valence-corrected chi connectivity index (χ0v) is 13.8. The molecule has 0 aromatic heterocycles. The molecule has 2 saturated heterocycles. The SMILES string of the molecule is O=C([C@@H]1CCCN1C(=O)C1CCCC1)N1CCCCCCC1. The molecule has 22 heavy (non-hydrogen) atoms. The molecule has 0 aromatic carbocycles. The lowest BCUT2D eigenvalue weighted by molar-refractivity contribution is -0.146. The molecule has 3 aliphatic rings. The van der Waals surface area contributed by atoms with Gasteiger partial charge in [0.05, 0.1) is 0 Å². The van der Waals surface area contributed by atoms with Crippen molar-refractivity contribution < 1.29 is 9.59 Å². The number of carbonyl (C=O) groups is 2. The van der Waals surface area contributed by atoms with E-state index in [4.69, 9.17) is 0 Å². The molecule has 124 valence electrons. The Morgan fingerprint density at radius 1 is 0.636 bits per heavy atom. The van der Waals surface area contributed by atoms with Crippen LogP contribution in [0.5, 0.6) is 0 Å². The molecule has 0 N–H and O–H groups in total. The van der Waals surface area contributed by atoms with Crippen molar-refractivity contribution in [2.45, 2.75) is 76.7 Å². The fraction of sp³-hybridized carbons (Fsp3) is 0.889. The van der Waals surface area contributed by atoms with E-state index in [-0.39, 0.29) is 23.8 Å². The molecule has 3 rings (SSSR count). The minimum Gasteiger partial charge on any atom is -0.341 e. The van der Waals surface area contributed by atoms with Crippen molar-refractivity contribution in [1.29, 1.82) is 0 Å². The van der Waals surface area contributed by atoms with Gasteiger partial charge in [-0.3, -0.25) is 9.59 Å². The molecular formula is C18H30N2O2. The highest BCUT2D eigenvalue weighted by Gasteiger charge is 2.39. The molecule has 0 radical (unpaired) electrons. The molecule has 4 nitrogen and oxygen atoms in total. The Hall–Kier alpha value is -1.06. The van der Waals surface area contributed by atoms with Gasteiger partial charge in [0.25, 0.3) is 0 Å². The molecule has 1 atom stereocenters. The summed E-state index contributed by atoms with van der Waals surface area (Å²) < 4.78 is 0. The zero-order valence-electron chi connectivity index (χ0n) is 13.8. The van der Waals surface area contributed by atoms with Crippen LogP contribution >= 0.6 is 0 Å². The van der Waals surface area contributed by atoms with E-state index in [0.29, 0.717) is 0 Å². The quantitative estimate of drug-likeness (QED) is 0.787. The average molecular weight is 306 g/mol. The second kappa shape index (κ2) is 7.47. The zero-order chi connectivity index (χ0) is 15.4. The summed E-state index contributed by atoms with van der Waals surface area (Å²) in [6, 6.07) is -0.160. The third kappa shape index (κ3) is 3.47. The summed E-state index contributed by atoms with van der Waals surface area (Å²) in [5.74, 6) is 0.687. The molecule has 2 aliphatic heterocycles. The van der Waals surface area contributed by atoms with Crippen LogP contribution < -0.4 is 0 Å². The molecule has 2 heterocycles. The van der Waals surface area contributed by atoms with Gasteiger partial charge in [-0.1, -0.05) is 32.1 Å². The molecule has 1 aliphatic carbocycles. The van der Waals surface area contributed by atoms with Gasteiger partial charge in [-0.15, -0.1) is 0 Å². The molecule has 0 spiro atoms. The van der Waals surface area contributed by atoms with E-state index in [0.717, 1.165) is 58.2 Å². The number of amides is 2. The van der Waals surface area contributed by atoms with Gasteiger partial charge in [0, 0.05) is 25.6 Å². The number of likely N-dealkylation sites (tertiary alicyclic amines) is 2. The van der Waals surface area contributed by atoms with Crippen LogP contribution in [-0.2, 0) is 9.59 Å². The van der Waals surface area contributed by atoms with Crippen LogP contribution in [0.1, 0.15) is 70.6 Å². The first-order chi connectivity index (χ1) is 10.8. The summed E-state index contributed by atoms with van der Waals surface area (Å²) in [4.78, 5) is 29.6. The van der Waals surface area contributed by atoms with Crippen molar-refractivity contribution >= 4 is 11.8 Å². The van der Waals surface area contributed by atoms with Gasteiger partial charge in [0.1, 0.15) is 6.04 Å². The lowest BCUT2D eigenvalue weighted by Crippen LogP contribution is -2.49. The van der Waals surface area contributed by atoms with Crippen LogP contribution in [0.15, 0.2) is 0 Å². The Kier molecular flexibility index (Phi) is 5.37. The van der Waals surface area contributed by atoms with Gasteiger partial charge in [0.15, 0.2) is 0 Å². The number of carbonyl (C=O) groups excluding carboxylic acids is 2. The van der Waals surface area contributed by atoms with Crippen LogP contribution in [-0.4, -0.2) is 47.3 Å². The monoisotopic (exact) mass is 306 g/mol. The van der Waals surface area contributed by atoms with Crippen molar-refractivity contribution in [3.63, 3.8) is 0 Å². The van der Waals surface area contributed by atoms with E-state index in [1.807, 2.05) is 9.80 Å². The molecule has 0 aromatic rings. The standard InChI is InChI=1S/C18H30N2O2/c21-17(15-9-4-5-10-15)20-14-8-11-16(20)18(22)19-12-6-2-1-3-7-13-19/h15-16H,1-14H2/t16-/m0/s1. The number of hydrogen-bond donors (Lipinski definition) is 0. The van der Waals surface area contributed by atoms with Crippen LogP contribution in [0.4, 0.5) is 0 Å². The highest BCUT2D eigenvalue weighted by atomic mass is 16.2. The highest BCUT2D eigenvalue weighted by Crippen LogP contribution is 2.30. The van der Waals surface area contributed by atoms with Gasteiger partial charge in [-0.2, -0.15) is 0 Å². The second-order valence-electron chi connectivity index (χ2n) is 7.26. The third-order valence-corrected chi connectivity index (χ3v) is 5.69. The maximum absolute atomic E-state index is 12.9. The maximum atomic E-state index is 12.9. The van der Waals surface area contributed by atoms with Gasteiger partial charge < -0.3 is 9.80 Å². The lowest BCUT2D eigenvalue weighted by Gasteiger charge is -2.32. The Labute approximate surface area is 134 Å². The second-order valence-corrected chi connectivity index (χ2v) is 7.26. The van der Waals surface area contributed by atoms with Crippen LogP contribution in [0.25, 0.3) is 0 Å². The third-order valence-electron chi connectivity index (χ3n) is 5.69. The summed E-state index contributed by atoms with van der Waals surface area (Å²) in [5.41, 5.74) is 0. The van der Waals surface area contributed by atoms with E-state index in [1.165, 1.54) is 32.1 Å². The minimum atomic E-state index is -0.160. The normalized spacial score (nSPS) is 27.7. The summed E-state index contributed by atoms with van der Waals surface area (Å²) in [6.45, 7) is 2.57. The minimum absolute atomic E-state index is 0.160. The predicted octanol–water partition coefficient (Wildman–Crippen LogP) is 2.96. The molecule has 0 unspecified atom stereocenters. The Morgan fingerprint density at radius 3 is 1.95 bits per heavy atom. The molecule has 3 fully saturated rings. The van der Waals surface area contributed by atoms with Crippen molar-refractivity contribution in [2.24, 2.45) is 5.92 Å². The smallest absolute Gasteiger partial charge is 0.245 e. The number of nitrogens with zero attached hydrogens (tertiary/aromatic N) is 2. The Balaban J connectivity index is 1.63. The first kappa shape index (κ1) is 15.8. The van der Waals surface area contributed by atoms with E-state index >= 15 is 0 Å². The first-order valence-corrected chi connectivity index (χ1v) is 9.36. The molecular weight excluding hydrogens is 276 g/mol. The van der Waals surface area contributed by atoms with E-state index in [9.17, 15) is 9.59 Å². The Morgan fingerprint density at radius 2 is 1.27 bits per heavy atom. The van der Waals surface area contributed by atoms with Crippen molar-refractivity contribution in [2.75, 3.05) is 19.6 Å². The van der Waals surface area contributed by atoms with E-state index < -0.39 is 0 Å². The van der Waals surface area contributed by atoms with Gasteiger partial charge in [0.2, 0.25) is 11.8 Å². The summed E-state index contributed by atoms with van der Waals surface area (Å²) in [6.07, 6.45) is 12.3.